The van der Waals surface area contributed by atoms with Crippen molar-refractivity contribution in [2.45, 2.75) is 38.1 Å². The Hall–Kier alpha value is -3.00. The number of pyridine rings is 1. The van der Waals surface area contributed by atoms with Gasteiger partial charge in [0, 0.05) is 56.2 Å². The minimum absolute atomic E-state index is 0.105. The Morgan fingerprint density at radius 2 is 1.82 bits per heavy atom. The minimum atomic E-state index is -0.322. The summed E-state index contributed by atoms with van der Waals surface area (Å²) in [6, 6.07) is 7.81. The van der Waals surface area contributed by atoms with Crippen LogP contribution in [0.2, 0.25) is 0 Å². The summed E-state index contributed by atoms with van der Waals surface area (Å²) < 4.78 is 18.5. The van der Waals surface area contributed by atoms with E-state index in [2.05, 4.69) is 25.3 Å². The number of hydrogen-bond acceptors (Lipinski definition) is 6. The minimum Gasteiger partial charge on any atom is -0.354 e. The molecule has 2 fully saturated rings. The van der Waals surface area contributed by atoms with Gasteiger partial charge in [-0.05, 0) is 68.8 Å². The largest absolute Gasteiger partial charge is 0.354 e. The first-order valence-electron chi connectivity index (χ1n) is 11.9. The highest BCUT2D eigenvalue weighted by molar-refractivity contribution is 5.94. The molecule has 0 spiro atoms. The number of aromatic nitrogens is 2. The predicted molar refractivity (Wildman–Crippen MR) is 125 cm³/mol. The number of benzene rings is 1. The Balaban J connectivity index is 1.02. The highest BCUT2D eigenvalue weighted by Crippen LogP contribution is 2.28. The summed E-state index contributed by atoms with van der Waals surface area (Å²) in [6.07, 6.45) is 9.07. The molecular formula is C25H30FN5O2. The number of rotatable bonds is 6. The van der Waals surface area contributed by atoms with Crippen LogP contribution in [0, 0.1) is 11.7 Å². The standard InChI is InChI=1S/C25H30FN5O2/c26-20-5-3-19(4-6-20)25(32)28-21-7-1-18(2-8-21)10-12-30-13-15-31(16-14-30)24-22-17-27-11-9-23(22)33-29-24/h3-6,9,11,17-18,21H,1-2,7-8,10,12-16H2,(H,28,32). The van der Waals surface area contributed by atoms with Crippen molar-refractivity contribution in [2.24, 2.45) is 5.92 Å². The van der Waals surface area contributed by atoms with Crippen molar-refractivity contribution in [3.05, 3.63) is 54.1 Å². The predicted octanol–water partition coefficient (Wildman–Crippen LogP) is 3.86. The van der Waals surface area contributed by atoms with Gasteiger partial charge in [-0.3, -0.25) is 14.7 Å². The number of fused-ring (bicyclic) bond motifs is 1. The number of halogens is 1. The van der Waals surface area contributed by atoms with Gasteiger partial charge in [-0.15, -0.1) is 0 Å². The molecule has 0 radical (unpaired) electrons. The first-order valence-corrected chi connectivity index (χ1v) is 11.9. The van der Waals surface area contributed by atoms with Gasteiger partial charge in [0.25, 0.3) is 5.91 Å². The van der Waals surface area contributed by atoms with Gasteiger partial charge in [0.1, 0.15) is 5.82 Å². The zero-order valence-corrected chi connectivity index (χ0v) is 18.8. The molecule has 8 heteroatoms. The van der Waals surface area contributed by atoms with Gasteiger partial charge >= 0.3 is 0 Å². The fourth-order valence-corrected chi connectivity index (χ4v) is 5.01. The van der Waals surface area contributed by atoms with Crippen LogP contribution in [0.25, 0.3) is 11.0 Å². The number of amides is 1. The second kappa shape index (κ2) is 9.87. The van der Waals surface area contributed by atoms with E-state index >= 15 is 0 Å². The van der Waals surface area contributed by atoms with Gasteiger partial charge in [-0.25, -0.2) is 4.39 Å². The van der Waals surface area contributed by atoms with E-state index in [0.717, 1.165) is 75.2 Å². The van der Waals surface area contributed by atoms with E-state index in [1.807, 2.05) is 12.3 Å². The molecule has 1 saturated heterocycles. The van der Waals surface area contributed by atoms with E-state index in [-0.39, 0.29) is 17.8 Å². The highest BCUT2D eigenvalue weighted by Gasteiger charge is 2.25. The second-order valence-electron chi connectivity index (χ2n) is 9.19. The number of nitrogens with zero attached hydrogens (tertiary/aromatic N) is 4. The second-order valence-corrected chi connectivity index (χ2v) is 9.19. The third kappa shape index (κ3) is 5.16. The van der Waals surface area contributed by atoms with Crippen molar-refractivity contribution in [1.82, 2.24) is 20.4 Å². The topological polar surface area (TPSA) is 74.5 Å². The number of piperazine rings is 1. The molecule has 3 aromatic rings. The van der Waals surface area contributed by atoms with E-state index in [0.29, 0.717) is 11.5 Å². The van der Waals surface area contributed by atoms with Crippen LogP contribution in [0.5, 0.6) is 0 Å². The lowest BCUT2D eigenvalue weighted by Gasteiger charge is -2.36. The van der Waals surface area contributed by atoms with E-state index < -0.39 is 0 Å². The maximum atomic E-state index is 13.1. The molecule has 33 heavy (non-hydrogen) atoms. The molecule has 174 valence electrons. The molecular weight excluding hydrogens is 421 g/mol. The van der Waals surface area contributed by atoms with Crippen LogP contribution in [0.15, 0.2) is 47.2 Å². The average molecular weight is 452 g/mol. The van der Waals surface area contributed by atoms with Gasteiger partial charge in [0.15, 0.2) is 11.4 Å². The first-order chi connectivity index (χ1) is 16.2. The Bertz CT molecular complexity index is 1070. The van der Waals surface area contributed by atoms with Crippen LogP contribution in [0.4, 0.5) is 10.2 Å². The Labute approximate surface area is 192 Å². The van der Waals surface area contributed by atoms with Crippen LogP contribution >= 0.6 is 0 Å². The summed E-state index contributed by atoms with van der Waals surface area (Å²) in [5.74, 6) is 1.19. The summed E-state index contributed by atoms with van der Waals surface area (Å²) >= 11 is 0. The number of carbonyl (C=O) groups excluding carboxylic acids is 1. The maximum Gasteiger partial charge on any atom is 0.251 e. The third-order valence-corrected chi connectivity index (χ3v) is 7.07. The lowest BCUT2D eigenvalue weighted by molar-refractivity contribution is 0.0919. The van der Waals surface area contributed by atoms with E-state index in [1.54, 1.807) is 6.20 Å². The highest BCUT2D eigenvalue weighted by atomic mass is 19.1. The molecule has 3 heterocycles. The molecule has 1 aromatic carbocycles. The first kappa shape index (κ1) is 21.8. The van der Waals surface area contributed by atoms with E-state index in [1.165, 1.54) is 30.7 Å². The maximum absolute atomic E-state index is 13.1. The van der Waals surface area contributed by atoms with Crippen molar-refractivity contribution in [3.63, 3.8) is 0 Å². The summed E-state index contributed by atoms with van der Waals surface area (Å²) in [5, 5.41) is 8.36. The van der Waals surface area contributed by atoms with Crippen molar-refractivity contribution in [3.8, 4) is 0 Å². The quantitative estimate of drug-likeness (QED) is 0.614. The molecule has 0 atom stereocenters. The number of carbonyl (C=O) groups is 1. The smallest absolute Gasteiger partial charge is 0.251 e. The van der Waals surface area contributed by atoms with Crippen LogP contribution in [-0.4, -0.2) is 59.7 Å². The van der Waals surface area contributed by atoms with E-state index in [9.17, 15) is 9.18 Å². The molecule has 1 aliphatic heterocycles. The van der Waals surface area contributed by atoms with E-state index in [4.69, 9.17) is 4.52 Å². The Morgan fingerprint density at radius 1 is 1.06 bits per heavy atom. The molecule has 7 nitrogen and oxygen atoms in total. The molecule has 5 rings (SSSR count). The van der Waals surface area contributed by atoms with Crippen molar-refractivity contribution < 1.29 is 13.7 Å². The average Bonchev–Trinajstić information content (AvgIpc) is 3.28. The summed E-state index contributed by atoms with van der Waals surface area (Å²) in [5.41, 5.74) is 1.31. The van der Waals surface area contributed by atoms with Crippen LogP contribution in [-0.2, 0) is 0 Å². The molecule has 2 aliphatic rings. The Kier molecular flexibility index (Phi) is 6.53. The number of hydrogen-bond donors (Lipinski definition) is 1. The molecule has 0 unspecified atom stereocenters. The van der Waals surface area contributed by atoms with Crippen LogP contribution in [0.3, 0.4) is 0 Å². The van der Waals surface area contributed by atoms with Gasteiger partial charge in [0.05, 0.1) is 5.39 Å². The zero-order chi connectivity index (χ0) is 22.6. The van der Waals surface area contributed by atoms with Crippen LogP contribution < -0.4 is 10.2 Å². The third-order valence-electron chi connectivity index (χ3n) is 7.07. The fourth-order valence-electron chi connectivity index (χ4n) is 5.01. The molecule has 2 aromatic heterocycles. The summed E-state index contributed by atoms with van der Waals surface area (Å²) in [7, 11) is 0. The van der Waals surface area contributed by atoms with Crippen molar-refractivity contribution in [2.75, 3.05) is 37.6 Å². The van der Waals surface area contributed by atoms with Crippen LogP contribution in [0.1, 0.15) is 42.5 Å². The lowest BCUT2D eigenvalue weighted by Crippen LogP contribution is -2.47. The van der Waals surface area contributed by atoms with Gasteiger partial charge in [-0.1, -0.05) is 5.16 Å². The summed E-state index contributed by atoms with van der Waals surface area (Å²) in [4.78, 5) is 21.4. The summed E-state index contributed by atoms with van der Waals surface area (Å²) in [6.45, 7) is 5.05. The molecule has 1 aliphatic carbocycles. The molecule has 1 saturated carbocycles. The van der Waals surface area contributed by atoms with Gasteiger partial charge < -0.3 is 14.7 Å². The van der Waals surface area contributed by atoms with Crippen molar-refractivity contribution >= 4 is 22.7 Å². The lowest BCUT2D eigenvalue weighted by atomic mass is 9.84. The molecule has 1 N–H and O–H groups in total. The molecule has 0 bridgehead atoms. The monoisotopic (exact) mass is 451 g/mol. The van der Waals surface area contributed by atoms with Gasteiger partial charge in [-0.2, -0.15) is 0 Å². The molecule has 1 amide bonds. The number of anilines is 1. The van der Waals surface area contributed by atoms with Gasteiger partial charge in [0.2, 0.25) is 0 Å². The normalized spacial score (nSPS) is 21.9. The Morgan fingerprint density at radius 3 is 2.58 bits per heavy atom. The zero-order valence-electron chi connectivity index (χ0n) is 18.8. The number of nitrogens with one attached hydrogen (secondary N) is 1. The SMILES string of the molecule is O=C(NC1CCC(CCN2CCN(c3noc4ccncc34)CC2)CC1)c1ccc(F)cc1. The van der Waals surface area contributed by atoms with Crippen molar-refractivity contribution in [1.29, 1.82) is 0 Å². The fraction of sp³-hybridized carbons (Fsp3) is 0.480.